The van der Waals surface area contributed by atoms with Crippen LogP contribution in [0.1, 0.15) is 11.7 Å². The molecule has 0 aliphatic carbocycles. The number of aliphatic hydroxyl groups is 1. The highest BCUT2D eigenvalue weighted by Gasteiger charge is 2.22. The summed E-state index contributed by atoms with van der Waals surface area (Å²) in [5.41, 5.74) is -0.274. The first-order valence-electron chi connectivity index (χ1n) is 4.79. The predicted molar refractivity (Wildman–Crippen MR) is 58.4 cm³/mol. The summed E-state index contributed by atoms with van der Waals surface area (Å²) in [4.78, 5) is -0.713. The molecule has 0 aliphatic heterocycles. The van der Waals surface area contributed by atoms with Crippen LogP contribution in [0.2, 0.25) is 0 Å². The van der Waals surface area contributed by atoms with Crippen LogP contribution >= 0.6 is 0 Å². The second kappa shape index (κ2) is 5.07. The van der Waals surface area contributed by atoms with Crippen LogP contribution in [-0.2, 0) is 9.84 Å². The summed E-state index contributed by atoms with van der Waals surface area (Å²) in [7, 11) is -2.28. The molecule has 1 unspecified atom stereocenters. The molecular formula is C10H13F2NO3S. The third kappa shape index (κ3) is 2.99. The lowest BCUT2D eigenvalue weighted by Crippen LogP contribution is -2.18. The fourth-order valence-corrected chi connectivity index (χ4v) is 2.12. The van der Waals surface area contributed by atoms with E-state index in [2.05, 4.69) is 5.32 Å². The zero-order valence-electron chi connectivity index (χ0n) is 9.37. The molecule has 0 aromatic heterocycles. The first kappa shape index (κ1) is 14.0. The zero-order chi connectivity index (χ0) is 13.2. The molecule has 0 bridgehead atoms. The van der Waals surface area contributed by atoms with E-state index in [4.69, 9.17) is 0 Å². The number of rotatable bonds is 4. The van der Waals surface area contributed by atoms with Gasteiger partial charge >= 0.3 is 0 Å². The molecule has 0 saturated carbocycles. The van der Waals surface area contributed by atoms with Crippen molar-refractivity contribution in [1.29, 1.82) is 0 Å². The van der Waals surface area contributed by atoms with Crippen molar-refractivity contribution in [2.75, 3.05) is 19.8 Å². The highest BCUT2D eigenvalue weighted by Crippen LogP contribution is 2.24. The second-order valence-electron chi connectivity index (χ2n) is 3.63. The summed E-state index contributed by atoms with van der Waals surface area (Å²) in [5, 5.41) is 12.1. The van der Waals surface area contributed by atoms with Crippen molar-refractivity contribution >= 4 is 9.84 Å². The summed E-state index contributed by atoms with van der Waals surface area (Å²) in [6.45, 7) is 0.0363. The highest BCUT2D eigenvalue weighted by atomic mass is 32.2. The number of nitrogens with one attached hydrogen (secondary N) is 1. The molecule has 1 aromatic rings. The first-order chi connectivity index (χ1) is 7.79. The van der Waals surface area contributed by atoms with Crippen molar-refractivity contribution in [2.45, 2.75) is 11.0 Å². The van der Waals surface area contributed by atoms with Crippen molar-refractivity contribution in [3.63, 3.8) is 0 Å². The Balaban J connectivity index is 3.29. The van der Waals surface area contributed by atoms with Gasteiger partial charge < -0.3 is 10.4 Å². The van der Waals surface area contributed by atoms with Gasteiger partial charge in [0.05, 0.1) is 6.10 Å². The van der Waals surface area contributed by atoms with Crippen molar-refractivity contribution < 1.29 is 22.3 Å². The Labute approximate surface area is 98.2 Å². The Morgan fingerprint density at radius 3 is 2.41 bits per heavy atom. The summed E-state index contributed by atoms with van der Waals surface area (Å²) < 4.78 is 49.3. The van der Waals surface area contributed by atoms with E-state index < -0.39 is 32.5 Å². The predicted octanol–water partition coefficient (Wildman–Crippen LogP) is 0.621. The van der Waals surface area contributed by atoms with E-state index in [0.29, 0.717) is 0 Å². The molecule has 1 aromatic carbocycles. The number of benzene rings is 1. The Kier molecular flexibility index (Phi) is 4.18. The maximum Gasteiger partial charge on any atom is 0.178 e. The van der Waals surface area contributed by atoms with Crippen LogP contribution in [0.15, 0.2) is 17.0 Å². The van der Waals surface area contributed by atoms with Crippen molar-refractivity contribution in [3.8, 4) is 0 Å². The molecule has 17 heavy (non-hydrogen) atoms. The minimum atomic E-state index is -3.82. The van der Waals surface area contributed by atoms with Crippen LogP contribution in [0.4, 0.5) is 8.78 Å². The molecule has 0 aliphatic rings. The van der Waals surface area contributed by atoms with Crippen LogP contribution in [-0.4, -0.2) is 33.4 Å². The van der Waals surface area contributed by atoms with Crippen molar-refractivity contribution in [3.05, 3.63) is 29.3 Å². The van der Waals surface area contributed by atoms with Gasteiger partial charge in [-0.05, 0) is 13.1 Å². The zero-order valence-corrected chi connectivity index (χ0v) is 10.2. The molecule has 0 heterocycles. The molecule has 2 N–H and O–H groups in total. The minimum absolute atomic E-state index is 0.0363. The summed E-state index contributed by atoms with van der Waals surface area (Å²) >= 11 is 0. The molecule has 0 radical (unpaired) electrons. The van der Waals surface area contributed by atoms with E-state index in [1.165, 1.54) is 0 Å². The second-order valence-corrected chi connectivity index (χ2v) is 5.61. The summed E-state index contributed by atoms with van der Waals surface area (Å²) in [6, 6.07) is 2.01. The lowest BCUT2D eigenvalue weighted by molar-refractivity contribution is 0.171. The lowest BCUT2D eigenvalue weighted by Gasteiger charge is -2.12. The van der Waals surface area contributed by atoms with Crippen LogP contribution in [0.5, 0.6) is 0 Å². The van der Waals surface area contributed by atoms with Gasteiger partial charge in [0.1, 0.15) is 4.90 Å². The van der Waals surface area contributed by atoms with Crippen molar-refractivity contribution in [1.82, 2.24) is 5.32 Å². The normalized spacial score (nSPS) is 13.7. The summed E-state index contributed by atoms with van der Waals surface area (Å²) in [5.74, 6) is -2.80. The van der Waals surface area contributed by atoms with Gasteiger partial charge in [0.2, 0.25) is 0 Å². The van der Waals surface area contributed by atoms with Gasteiger partial charge in [-0.1, -0.05) is 6.07 Å². The van der Waals surface area contributed by atoms with Crippen LogP contribution in [0, 0.1) is 11.6 Å². The fourth-order valence-electron chi connectivity index (χ4n) is 1.39. The Morgan fingerprint density at radius 1 is 1.35 bits per heavy atom. The largest absolute Gasteiger partial charge is 0.387 e. The Morgan fingerprint density at radius 2 is 1.94 bits per heavy atom. The average molecular weight is 265 g/mol. The number of hydrogen-bond acceptors (Lipinski definition) is 4. The highest BCUT2D eigenvalue weighted by molar-refractivity contribution is 7.90. The fraction of sp³-hybridized carbons (Fsp3) is 0.400. The number of likely N-dealkylation sites (N-methyl/N-ethyl adjacent to an activating group) is 1. The van der Waals surface area contributed by atoms with E-state index in [0.717, 1.165) is 18.4 Å². The maximum absolute atomic E-state index is 13.5. The quantitative estimate of drug-likeness (QED) is 0.837. The van der Waals surface area contributed by atoms with Crippen LogP contribution in [0.25, 0.3) is 0 Å². The molecule has 0 amide bonds. The monoisotopic (exact) mass is 265 g/mol. The smallest absolute Gasteiger partial charge is 0.178 e. The number of hydrogen-bond donors (Lipinski definition) is 2. The standard InChI is InChI=1S/C10H13F2NO3S/c1-13-5-7(14)6-3-4-8(17(2,15)16)10(12)9(6)11/h3-4,7,13-14H,5H2,1-2H3. The lowest BCUT2D eigenvalue weighted by atomic mass is 10.1. The molecule has 96 valence electrons. The first-order valence-corrected chi connectivity index (χ1v) is 6.68. The maximum atomic E-state index is 13.5. The van der Waals surface area contributed by atoms with Gasteiger partial charge in [0.25, 0.3) is 0 Å². The number of sulfone groups is 1. The van der Waals surface area contributed by atoms with Crippen LogP contribution in [0.3, 0.4) is 0 Å². The molecule has 7 heteroatoms. The molecular weight excluding hydrogens is 252 g/mol. The van der Waals surface area contributed by atoms with Gasteiger partial charge in [0, 0.05) is 18.4 Å². The van der Waals surface area contributed by atoms with Gasteiger partial charge in [-0.15, -0.1) is 0 Å². The van der Waals surface area contributed by atoms with Crippen LogP contribution < -0.4 is 5.32 Å². The van der Waals surface area contributed by atoms with Gasteiger partial charge in [-0.2, -0.15) is 0 Å². The number of halogens is 2. The molecule has 4 nitrogen and oxygen atoms in total. The van der Waals surface area contributed by atoms with E-state index >= 15 is 0 Å². The SMILES string of the molecule is CNCC(O)c1ccc(S(C)(=O)=O)c(F)c1F. The van der Waals surface area contributed by atoms with E-state index in [1.807, 2.05) is 0 Å². The third-order valence-corrected chi connectivity index (χ3v) is 3.35. The van der Waals surface area contributed by atoms with E-state index in [-0.39, 0.29) is 12.1 Å². The van der Waals surface area contributed by atoms with Crippen molar-refractivity contribution in [2.24, 2.45) is 0 Å². The molecule has 1 rings (SSSR count). The van der Waals surface area contributed by atoms with E-state index in [1.54, 1.807) is 7.05 Å². The molecule has 0 spiro atoms. The number of aliphatic hydroxyl groups excluding tert-OH is 1. The molecule has 0 saturated heterocycles. The van der Waals surface area contributed by atoms with Gasteiger partial charge in [-0.3, -0.25) is 0 Å². The molecule has 1 atom stereocenters. The minimum Gasteiger partial charge on any atom is -0.387 e. The Hall–Kier alpha value is -1.05. The molecule has 0 fully saturated rings. The summed E-state index contributed by atoms with van der Waals surface area (Å²) in [6.07, 6.45) is -0.447. The van der Waals surface area contributed by atoms with E-state index in [9.17, 15) is 22.3 Å². The van der Waals surface area contributed by atoms with Gasteiger partial charge in [0.15, 0.2) is 21.5 Å². The third-order valence-electron chi connectivity index (χ3n) is 2.23. The Bertz CT molecular complexity index is 517. The average Bonchev–Trinajstić information content (AvgIpc) is 2.20. The van der Waals surface area contributed by atoms with Gasteiger partial charge in [-0.25, -0.2) is 17.2 Å². The topological polar surface area (TPSA) is 66.4 Å².